The van der Waals surface area contributed by atoms with E-state index < -0.39 is 0 Å². The fraction of sp³-hybridized carbons (Fsp3) is 0.538. The summed E-state index contributed by atoms with van der Waals surface area (Å²) in [6.07, 6.45) is 7.79. The molecular formula is C13H14N2O3. The SMILES string of the molecule is c1coc(-c2oc(C3CCO3)nc2C2CCC2)n1. The first-order valence-corrected chi connectivity index (χ1v) is 6.44. The average molecular weight is 246 g/mol. The topological polar surface area (TPSA) is 61.3 Å². The van der Waals surface area contributed by atoms with Crippen LogP contribution in [0.1, 0.15) is 49.3 Å². The molecule has 1 unspecified atom stereocenters. The Kier molecular flexibility index (Phi) is 2.26. The number of nitrogens with zero attached hydrogens (tertiary/aromatic N) is 2. The maximum Gasteiger partial charge on any atom is 0.264 e. The van der Waals surface area contributed by atoms with Gasteiger partial charge in [-0.1, -0.05) is 6.42 Å². The number of oxazole rings is 2. The molecule has 1 saturated heterocycles. The van der Waals surface area contributed by atoms with Gasteiger partial charge in [-0.15, -0.1) is 0 Å². The summed E-state index contributed by atoms with van der Waals surface area (Å²) in [6, 6.07) is 0. The van der Waals surface area contributed by atoms with Crippen LogP contribution in [0.15, 0.2) is 21.3 Å². The van der Waals surface area contributed by atoms with Crippen molar-refractivity contribution in [3.8, 4) is 11.7 Å². The fourth-order valence-corrected chi connectivity index (χ4v) is 2.36. The van der Waals surface area contributed by atoms with Crippen molar-refractivity contribution in [3.63, 3.8) is 0 Å². The molecule has 2 aromatic heterocycles. The highest BCUT2D eigenvalue weighted by Crippen LogP contribution is 2.42. The molecule has 1 saturated carbocycles. The van der Waals surface area contributed by atoms with Crippen molar-refractivity contribution in [3.05, 3.63) is 24.0 Å². The van der Waals surface area contributed by atoms with E-state index in [9.17, 15) is 0 Å². The van der Waals surface area contributed by atoms with Crippen LogP contribution in [0.2, 0.25) is 0 Å². The van der Waals surface area contributed by atoms with Gasteiger partial charge < -0.3 is 13.6 Å². The molecule has 2 aliphatic rings. The van der Waals surface area contributed by atoms with E-state index in [2.05, 4.69) is 9.97 Å². The third-order valence-electron chi connectivity index (χ3n) is 3.76. The first kappa shape index (κ1) is 10.3. The Morgan fingerprint density at radius 1 is 1.22 bits per heavy atom. The molecule has 5 heteroatoms. The Balaban J connectivity index is 1.75. The van der Waals surface area contributed by atoms with Crippen molar-refractivity contribution in [2.24, 2.45) is 0 Å². The molecule has 1 atom stereocenters. The van der Waals surface area contributed by atoms with E-state index in [-0.39, 0.29) is 6.10 Å². The largest absolute Gasteiger partial charge is 0.442 e. The van der Waals surface area contributed by atoms with Crippen LogP contribution in [-0.2, 0) is 4.74 Å². The lowest BCUT2D eigenvalue weighted by molar-refractivity contribution is -0.0674. The molecule has 0 N–H and O–H groups in total. The van der Waals surface area contributed by atoms with Crippen molar-refractivity contribution in [2.75, 3.05) is 6.61 Å². The average Bonchev–Trinajstić information content (AvgIpc) is 2.81. The summed E-state index contributed by atoms with van der Waals surface area (Å²) in [7, 11) is 0. The van der Waals surface area contributed by atoms with Crippen molar-refractivity contribution < 1.29 is 13.6 Å². The first-order chi connectivity index (χ1) is 8.92. The van der Waals surface area contributed by atoms with Gasteiger partial charge in [-0.3, -0.25) is 0 Å². The first-order valence-electron chi connectivity index (χ1n) is 6.44. The lowest BCUT2D eigenvalue weighted by Crippen LogP contribution is -2.18. The van der Waals surface area contributed by atoms with Crippen LogP contribution in [0.5, 0.6) is 0 Å². The van der Waals surface area contributed by atoms with E-state index in [0.717, 1.165) is 18.7 Å². The van der Waals surface area contributed by atoms with Gasteiger partial charge in [0.2, 0.25) is 11.7 Å². The Hall–Kier alpha value is -1.62. The normalized spacial score (nSPS) is 23.7. The van der Waals surface area contributed by atoms with Crippen LogP contribution in [-0.4, -0.2) is 16.6 Å². The number of hydrogen-bond donors (Lipinski definition) is 0. The van der Waals surface area contributed by atoms with Crippen LogP contribution in [0.25, 0.3) is 11.7 Å². The number of hydrogen-bond acceptors (Lipinski definition) is 5. The predicted octanol–water partition coefficient (Wildman–Crippen LogP) is 3.06. The standard InChI is InChI=1S/C13H14N2O3/c1-2-8(3-1)10-11(13-14-5-7-17-13)18-12(15-10)9-4-6-16-9/h5,7-9H,1-4,6H2. The van der Waals surface area contributed by atoms with E-state index in [1.54, 1.807) is 12.5 Å². The minimum absolute atomic E-state index is 0.0209. The van der Waals surface area contributed by atoms with Gasteiger partial charge >= 0.3 is 0 Å². The van der Waals surface area contributed by atoms with Gasteiger partial charge in [0.25, 0.3) is 5.89 Å². The summed E-state index contributed by atoms with van der Waals surface area (Å²) in [5.41, 5.74) is 0.995. The van der Waals surface area contributed by atoms with Crippen LogP contribution in [0.4, 0.5) is 0 Å². The van der Waals surface area contributed by atoms with Crippen LogP contribution in [0.3, 0.4) is 0 Å². The van der Waals surface area contributed by atoms with Crippen LogP contribution >= 0.6 is 0 Å². The van der Waals surface area contributed by atoms with E-state index in [0.29, 0.717) is 23.5 Å². The van der Waals surface area contributed by atoms with Gasteiger partial charge in [-0.25, -0.2) is 9.97 Å². The summed E-state index contributed by atoms with van der Waals surface area (Å²) < 4.78 is 16.6. The molecule has 5 nitrogen and oxygen atoms in total. The molecule has 4 rings (SSSR count). The second-order valence-electron chi connectivity index (χ2n) is 4.88. The second kappa shape index (κ2) is 3.95. The van der Waals surface area contributed by atoms with Crippen molar-refractivity contribution in [1.82, 2.24) is 9.97 Å². The number of rotatable bonds is 3. The monoisotopic (exact) mass is 246 g/mol. The number of aromatic nitrogens is 2. The van der Waals surface area contributed by atoms with Gasteiger partial charge in [-0.05, 0) is 12.8 Å². The molecular weight excluding hydrogens is 232 g/mol. The van der Waals surface area contributed by atoms with Crippen LogP contribution < -0.4 is 0 Å². The maximum absolute atomic E-state index is 5.83. The fourth-order valence-electron chi connectivity index (χ4n) is 2.36. The number of ether oxygens (including phenoxy) is 1. The molecule has 1 aliphatic carbocycles. The molecule has 2 aromatic rings. The summed E-state index contributed by atoms with van der Waals surface area (Å²) >= 11 is 0. The van der Waals surface area contributed by atoms with E-state index >= 15 is 0 Å². The highest BCUT2D eigenvalue weighted by Gasteiger charge is 2.33. The maximum atomic E-state index is 5.83. The molecule has 18 heavy (non-hydrogen) atoms. The molecule has 1 aliphatic heterocycles. The van der Waals surface area contributed by atoms with Crippen molar-refractivity contribution in [1.29, 1.82) is 0 Å². The van der Waals surface area contributed by atoms with Gasteiger partial charge in [0.1, 0.15) is 12.4 Å². The van der Waals surface area contributed by atoms with Gasteiger partial charge in [-0.2, -0.15) is 0 Å². The lowest BCUT2D eigenvalue weighted by Gasteiger charge is -2.24. The van der Waals surface area contributed by atoms with Gasteiger partial charge in [0.15, 0.2) is 0 Å². The van der Waals surface area contributed by atoms with E-state index in [1.807, 2.05) is 0 Å². The summed E-state index contributed by atoms with van der Waals surface area (Å²) in [4.78, 5) is 8.78. The third-order valence-corrected chi connectivity index (χ3v) is 3.76. The van der Waals surface area contributed by atoms with E-state index in [4.69, 9.17) is 13.6 Å². The molecule has 0 radical (unpaired) electrons. The third kappa shape index (κ3) is 1.50. The zero-order chi connectivity index (χ0) is 11.9. The second-order valence-corrected chi connectivity index (χ2v) is 4.88. The molecule has 0 amide bonds. The molecule has 2 fully saturated rings. The summed E-state index contributed by atoms with van der Waals surface area (Å²) in [5, 5.41) is 0. The van der Waals surface area contributed by atoms with Gasteiger partial charge in [0.05, 0.1) is 18.5 Å². The highest BCUT2D eigenvalue weighted by atomic mass is 16.5. The van der Waals surface area contributed by atoms with Crippen molar-refractivity contribution in [2.45, 2.75) is 37.7 Å². The quantitative estimate of drug-likeness (QED) is 0.832. The zero-order valence-corrected chi connectivity index (χ0v) is 9.96. The Labute approximate surface area is 104 Å². The Bertz CT molecular complexity index is 539. The molecule has 3 heterocycles. The predicted molar refractivity (Wildman–Crippen MR) is 61.9 cm³/mol. The van der Waals surface area contributed by atoms with Gasteiger partial charge in [0, 0.05) is 12.3 Å². The lowest BCUT2D eigenvalue weighted by atomic mass is 9.82. The highest BCUT2D eigenvalue weighted by molar-refractivity contribution is 5.50. The Morgan fingerprint density at radius 3 is 2.67 bits per heavy atom. The molecule has 94 valence electrons. The van der Waals surface area contributed by atoms with E-state index in [1.165, 1.54) is 19.3 Å². The summed E-state index contributed by atoms with van der Waals surface area (Å²) in [5.74, 6) is 2.38. The van der Waals surface area contributed by atoms with Crippen LogP contribution in [0, 0.1) is 0 Å². The Morgan fingerprint density at radius 2 is 2.11 bits per heavy atom. The molecule has 0 bridgehead atoms. The smallest absolute Gasteiger partial charge is 0.264 e. The summed E-state index contributed by atoms with van der Waals surface area (Å²) in [6.45, 7) is 0.792. The zero-order valence-electron chi connectivity index (χ0n) is 9.96. The minimum atomic E-state index is 0.0209. The molecule has 0 spiro atoms. The molecule has 0 aromatic carbocycles. The van der Waals surface area contributed by atoms with Crippen molar-refractivity contribution >= 4 is 0 Å². The minimum Gasteiger partial charge on any atom is -0.442 e.